The highest BCUT2D eigenvalue weighted by Crippen LogP contribution is 2.46. The second kappa shape index (κ2) is 7.55. The van der Waals surface area contributed by atoms with E-state index in [1.54, 1.807) is 36.4 Å². The zero-order valence-electron chi connectivity index (χ0n) is 16.3. The maximum absolute atomic E-state index is 14.6. The van der Waals surface area contributed by atoms with Gasteiger partial charge in [0.05, 0.1) is 31.3 Å². The molecule has 1 atom stereocenters. The number of anilines is 1. The molecule has 1 amide bonds. The largest absolute Gasteiger partial charge is 0.493 e. The molecule has 1 aliphatic heterocycles. The van der Waals surface area contributed by atoms with Crippen LogP contribution in [0.15, 0.2) is 48.7 Å². The number of para-hydroxylation sites is 2. The molecular weight excluding hydrogens is 391 g/mol. The van der Waals surface area contributed by atoms with Gasteiger partial charge < -0.3 is 24.5 Å². The topological polar surface area (TPSA) is 89.8 Å². The van der Waals surface area contributed by atoms with E-state index in [0.29, 0.717) is 22.8 Å². The number of fused-ring (bicyclic) bond motifs is 1. The molecule has 3 aromatic rings. The van der Waals surface area contributed by atoms with Crippen molar-refractivity contribution in [2.45, 2.75) is 12.3 Å². The summed E-state index contributed by atoms with van der Waals surface area (Å²) in [5, 5.41) is 12.3. The van der Waals surface area contributed by atoms with Crippen LogP contribution in [0, 0.1) is 5.82 Å². The first-order valence-corrected chi connectivity index (χ1v) is 9.20. The summed E-state index contributed by atoms with van der Waals surface area (Å²) in [5.41, 5.74) is 1.32. The van der Waals surface area contributed by atoms with Crippen LogP contribution in [0.2, 0.25) is 0 Å². The van der Waals surface area contributed by atoms with Gasteiger partial charge in [0.15, 0.2) is 11.5 Å². The van der Waals surface area contributed by atoms with Crippen molar-refractivity contribution >= 4 is 17.6 Å². The first-order valence-electron chi connectivity index (χ1n) is 9.20. The number of aromatic nitrogens is 1. The highest BCUT2D eigenvalue weighted by molar-refractivity contribution is 6.04. The molecule has 154 valence electrons. The fourth-order valence-electron chi connectivity index (χ4n) is 3.92. The second-order valence-corrected chi connectivity index (χ2v) is 6.82. The number of carboxylic acid groups (broad SMARTS) is 1. The average molecular weight is 410 g/mol. The Morgan fingerprint density at radius 1 is 1.17 bits per heavy atom. The van der Waals surface area contributed by atoms with Gasteiger partial charge in [-0.1, -0.05) is 24.3 Å². The summed E-state index contributed by atoms with van der Waals surface area (Å²) in [6.45, 7) is 0. The zero-order valence-corrected chi connectivity index (χ0v) is 16.3. The van der Waals surface area contributed by atoms with Crippen LogP contribution in [0.1, 0.15) is 34.0 Å². The Bertz CT molecular complexity index is 1150. The predicted molar refractivity (Wildman–Crippen MR) is 107 cm³/mol. The molecule has 0 fully saturated rings. The van der Waals surface area contributed by atoms with E-state index < -0.39 is 17.7 Å². The Balaban J connectivity index is 2.03. The Kier molecular flexibility index (Phi) is 4.91. The lowest BCUT2D eigenvalue weighted by molar-refractivity contribution is -0.116. The number of nitrogens with one attached hydrogen (secondary N) is 1. The number of carbonyl (C=O) groups excluding carboxylic acids is 1. The van der Waals surface area contributed by atoms with E-state index in [4.69, 9.17) is 9.47 Å². The number of aromatic carboxylic acids is 1. The summed E-state index contributed by atoms with van der Waals surface area (Å²) in [6.07, 6.45) is 1.37. The van der Waals surface area contributed by atoms with E-state index in [0.717, 1.165) is 0 Å². The number of ether oxygens (including phenoxy) is 2. The van der Waals surface area contributed by atoms with Crippen LogP contribution >= 0.6 is 0 Å². The molecule has 0 radical (unpaired) electrons. The number of methoxy groups -OCH3 is 2. The molecule has 1 unspecified atom stereocenters. The van der Waals surface area contributed by atoms with Crippen molar-refractivity contribution in [3.8, 4) is 17.2 Å². The van der Waals surface area contributed by atoms with Gasteiger partial charge in [-0.15, -0.1) is 0 Å². The zero-order chi connectivity index (χ0) is 21.4. The van der Waals surface area contributed by atoms with Crippen LogP contribution in [0.5, 0.6) is 11.5 Å². The summed E-state index contributed by atoms with van der Waals surface area (Å²) in [5.74, 6) is -1.74. The van der Waals surface area contributed by atoms with Gasteiger partial charge in [-0.3, -0.25) is 4.79 Å². The smallest absolute Gasteiger partial charge is 0.339 e. The summed E-state index contributed by atoms with van der Waals surface area (Å²) in [6, 6.07) is 11.3. The van der Waals surface area contributed by atoms with Gasteiger partial charge in [-0.2, -0.15) is 0 Å². The molecule has 2 aromatic carbocycles. The molecule has 0 spiro atoms. The van der Waals surface area contributed by atoms with E-state index in [1.165, 1.54) is 31.0 Å². The maximum atomic E-state index is 14.6. The third kappa shape index (κ3) is 3.06. The number of halogens is 1. The molecule has 0 aliphatic carbocycles. The minimum absolute atomic E-state index is 0.0358. The average Bonchev–Trinajstić information content (AvgIpc) is 3.12. The van der Waals surface area contributed by atoms with Gasteiger partial charge in [-0.05, 0) is 18.2 Å². The lowest BCUT2D eigenvalue weighted by Gasteiger charge is -2.27. The van der Waals surface area contributed by atoms with E-state index >= 15 is 0 Å². The molecule has 0 saturated heterocycles. The van der Waals surface area contributed by atoms with Crippen LogP contribution in [-0.2, 0) is 4.79 Å². The van der Waals surface area contributed by atoms with Crippen LogP contribution in [0.3, 0.4) is 0 Å². The highest BCUT2D eigenvalue weighted by atomic mass is 19.1. The van der Waals surface area contributed by atoms with Crippen LogP contribution in [0.25, 0.3) is 5.69 Å². The molecule has 0 bridgehead atoms. The van der Waals surface area contributed by atoms with E-state index in [9.17, 15) is 19.1 Å². The second-order valence-electron chi connectivity index (χ2n) is 6.82. The minimum Gasteiger partial charge on any atom is -0.493 e. The number of hydrogen-bond donors (Lipinski definition) is 2. The lowest BCUT2D eigenvalue weighted by atomic mass is 9.87. The third-order valence-corrected chi connectivity index (χ3v) is 5.18. The molecule has 8 heteroatoms. The summed E-state index contributed by atoms with van der Waals surface area (Å²) < 4.78 is 27.0. The molecule has 2 N–H and O–H groups in total. The van der Waals surface area contributed by atoms with Crippen LogP contribution in [-0.4, -0.2) is 35.8 Å². The number of carboxylic acids is 1. The summed E-state index contributed by atoms with van der Waals surface area (Å²) in [7, 11) is 3.00. The highest BCUT2D eigenvalue weighted by Gasteiger charge is 2.36. The number of rotatable bonds is 5. The molecule has 7 nitrogen and oxygen atoms in total. The van der Waals surface area contributed by atoms with Crippen molar-refractivity contribution in [3.05, 3.63) is 71.3 Å². The monoisotopic (exact) mass is 410 g/mol. The van der Waals surface area contributed by atoms with Crippen molar-refractivity contribution in [1.82, 2.24) is 4.57 Å². The molecular formula is C22H19FN2O5. The third-order valence-electron chi connectivity index (χ3n) is 5.18. The van der Waals surface area contributed by atoms with Crippen LogP contribution < -0.4 is 14.8 Å². The Labute approximate surface area is 171 Å². The normalized spacial score (nSPS) is 15.3. The van der Waals surface area contributed by atoms with Crippen molar-refractivity contribution in [2.24, 2.45) is 0 Å². The Morgan fingerprint density at radius 3 is 2.60 bits per heavy atom. The molecule has 1 aliphatic rings. The molecule has 0 saturated carbocycles. The molecule has 4 rings (SSSR count). The Hall–Kier alpha value is -3.81. The SMILES string of the molecule is COc1cccc(C2CC(=O)Nc3c(C(=O)O)cn(-c4ccccc4F)c32)c1OC. The maximum Gasteiger partial charge on any atom is 0.339 e. The van der Waals surface area contributed by atoms with Gasteiger partial charge in [0.1, 0.15) is 11.4 Å². The fraction of sp³-hybridized carbons (Fsp3) is 0.182. The van der Waals surface area contributed by atoms with E-state index in [-0.39, 0.29) is 29.3 Å². The first-order chi connectivity index (χ1) is 14.5. The van der Waals surface area contributed by atoms with E-state index in [1.807, 2.05) is 0 Å². The lowest BCUT2D eigenvalue weighted by Crippen LogP contribution is -2.26. The van der Waals surface area contributed by atoms with Gasteiger partial charge in [0.2, 0.25) is 5.91 Å². The predicted octanol–water partition coefficient (Wildman–Crippen LogP) is 3.81. The van der Waals surface area contributed by atoms with Crippen molar-refractivity contribution < 1.29 is 28.6 Å². The quantitative estimate of drug-likeness (QED) is 0.668. The van der Waals surface area contributed by atoms with Crippen molar-refractivity contribution in [1.29, 1.82) is 0 Å². The van der Waals surface area contributed by atoms with Gasteiger partial charge in [0, 0.05) is 24.1 Å². The number of nitrogens with zero attached hydrogens (tertiary/aromatic N) is 1. The van der Waals surface area contributed by atoms with Gasteiger partial charge in [-0.25, -0.2) is 9.18 Å². The summed E-state index contributed by atoms with van der Waals surface area (Å²) in [4.78, 5) is 24.4. The number of hydrogen-bond acceptors (Lipinski definition) is 4. The molecule has 2 heterocycles. The first kappa shape index (κ1) is 19.5. The fourth-order valence-corrected chi connectivity index (χ4v) is 3.92. The standard InChI is InChI=1S/C22H19FN2O5/c1-29-17-9-5-6-12(21(17)30-2)13-10-18(26)24-19-14(22(27)28)11-25(20(13)19)16-8-4-3-7-15(16)23/h3-9,11,13H,10H2,1-2H3,(H,24,26)(H,27,28). The van der Waals surface area contributed by atoms with Gasteiger partial charge >= 0.3 is 5.97 Å². The number of benzene rings is 2. The van der Waals surface area contributed by atoms with Crippen LogP contribution in [0.4, 0.5) is 10.1 Å². The number of amides is 1. The van der Waals surface area contributed by atoms with Gasteiger partial charge in [0.25, 0.3) is 0 Å². The molecule has 30 heavy (non-hydrogen) atoms. The Morgan fingerprint density at radius 2 is 1.93 bits per heavy atom. The van der Waals surface area contributed by atoms with Crippen molar-refractivity contribution in [2.75, 3.05) is 19.5 Å². The number of carbonyl (C=O) groups is 2. The summed E-state index contributed by atoms with van der Waals surface area (Å²) >= 11 is 0. The van der Waals surface area contributed by atoms with Crippen molar-refractivity contribution in [3.63, 3.8) is 0 Å². The molecule has 1 aromatic heterocycles. The van der Waals surface area contributed by atoms with E-state index in [2.05, 4.69) is 5.32 Å². The minimum atomic E-state index is -1.22.